The molecule has 1 aliphatic heterocycles. The summed E-state index contributed by atoms with van der Waals surface area (Å²) < 4.78 is 0. The van der Waals surface area contributed by atoms with Crippen molar-refractivity contribution in [3.63, 3.8) is 0 Å². The monoisotopic (exact) mass is 208 g/mol. The Morgan fingerprint density at radius 2 is 2.21 bits per heavy atom. The highest BCUT2D eigenvalue weighted by Crippen LogP contribution is 2.21. The second kappa shape index (κ2) is 3.95. The van der Waals surface area contributed by atoms with Gasteiger partial charge in [0, 0.05) is 5.02 Å². The fourth-order valence-corrected chi connectivity index (χ4v) is 1.65. The molecule has 1 aromatic carbocycles. The zero-order valence-corrected chi connectivity index (χ0v) is 8.05. The van der Waals surface area contributed by atoms with E-state index in [2.05, 4.69) is 22.5 Å². The quantitative estimate of drug-likeness (QED) is 0.642. The minimum atomic E-state index is -0.284. The van der Waals surface area contributed by atoms with Crippen LogP contribution in [0.1, 0.15) is 11.6 Å². The Morgan fingerprint density at radius 1 is 1.36 bits per heavy atom. The molecule has 3 N–H and O–H groups in total. The number of hydrazine groups is 2. The molecule has 5 heteroatoms. The van der Waals surface area contributed by atoms with Gasteiger partial charge in [-0.15, -0.1) is 0 Å². The highest BCUT2D eigenvalue weighted by atomic mass is 35.5. The number of hydrogen-bond donors (Lipinski definition) is 3. The van der Waals surface area contributed by atoms with Crippen LogP contribution in [0.4, 0.5) is 0 Å². The summed E-state index contributed by atoms with van der Waals surface area (Å²) in [6.45, 7) is 0. The number of benzene rings is 1. The Morgan fingerprint density at radius 3 is 2.93 bits per heavy atom. The zero-order valence-electron chi connectivity index (χ0n) is 7.29. The summed E-state index contributed by atoms with van der Waals surface area (Å²) in [4.78, 5) is 0. The van der Waals surface area contributed by atoms with Gasteiger partial charge in [0.15, 0.2) is 0 Å². The van der Waals surface area contributed by atoms with Crippen LogP contribution >= 0.6 is 11.6 Å². The molecule has 1 aliphatic rings. The molecular formula is C9H9ClN4. The van der Waals surface area contributed by atoms with Crippen molar-refractivity contribution in [3.8, 4) is 6.07 Å². The molecule has 0 saturated carbocycles. The fraction of sp³-hybridized carbons (Fsp3) is 0.222. The van der Waals surface area contributed by atoms with E-state index in [0.717, 1.165) is 5.56 Å². The van der Waals surface area contributed by atoms with Crippen molar-refractivity contribution in [1.82, 2.24) is 16.4 Å². The van der Waals surface area contributed by atoms with Crippen LogP contribution < -0.4 is 16.4 Å². The Labute approximate surface area is 86.8 Å². The first-order valence-electron chi connectivity index (χ1n) is 4.22. The van der Waals surface area contributed by atoms with Crippen molar-refractivity contribution in [1.29, 1.82) is 5.26 Å². The van der Waals surface area contributed by atoms with Gasteiger partial charge in [-0.2, -0.15) is 10.8 Å². The number of nitrogens with zero attached hydrogens (tertiary/aromatic N) is 1. The summed E-state index contributed by atoms with van der Waals surface area (Å²) in [6.07, 6.45) is 0. The Balaban J connectivity index is 2.27. The molecule has 72 valence electrons. The van der Waals surface area contributed by atoms with Crippen LogP contribution in [-0.4, -0.2) is 6.04 Å². The average Bonchev–Trinajstić information content (AvgIpc) is 2.65. The molecule has 2 atom stereocenters. The van der Waals surface area contributed by atoms with Gasteiger partial charge >= 0.3 is 0 Å². The normalized spacial score (nSPS) is 26.0. The van der Waals surface area contributed by atoms with E-state index in [4.69, 9.17) is 16.9 Å². The minimum Gasteiger partial charge on any atom is -0.234 e. The van der Waals surface area contributed by atoms with Crippen LogP contribution in [0.15, 0.2) is 24.3 Å². The number of nitriles is 1. The molecular weight excluding hydrogens is 200 g/mol. The molecule has 0 spiro atoms. The lowest BCUT2D eigenvalue weighted by atomic mass is 10.0. The van der Waals surface area contributed by atoms with Gasteiger partial charge in [0.25, 0.3) is 0 Å². The first-order valence-corrected chi connectivity index (χ1v) is 4.60. The molecule has 0 radical (unpaired) electrons. The molecule has 1 heterocycles. The number of halogens is 1. The fourth-order valence-electron chi connectivity index (χ4n) is 1.45. The SMILES string of the molecule is N#CC1NNNC1c1cccc(Cl)c1. The molecule has 1 aromatic rings. The van der Waals surface area contributed by atoms with Crippen LogP contribution in [0.2, 0.25) is 5.02 Å². The summed E-state index contributed by atoms with van der Waals surface area (Å²) in [5, 5.41) is 9.52. The predicted octanol–water partition coefficient (Wildman–Crippen LogP) is 0.886. The lowest BCUT2D eigenvalue weighted by molar-refractivity contribution is 0.555. The van der Waals surface area contributed by atoms with Crippen molar-refractivity contribution in [2.75, 3.05) is 0 Å². The van der Waals surface area contributed by atoms with Gasteiger partial charge in [-0.05, 0) is 17.7 Å². The van der Waals surface area contributed by atoms with Crippen LogP contribution in [-0.2, 0) is 0 Å². The topological polar surface area (TPSA) is 59.9 Å². The number of hydrogen-bond acceptors (Lipinski definition) is 4. The van der Waals surface area contributed by atoms with E-state index in [9.17, 15) is 0 Å². The van der Waals surface area contributed by atoms with E-state index in [1.165, 1.54) is 0 Å². The van der Waals surface area contributed by atoms with E-state index in [1.54, 1.807) is 0 Å². The van der Waals surface area contributed by atoms with E-state index in [-0.39, 0.29) is 12.1 Å². The van der Waals surface area contributed by atoms with Crippen LogP contribution in [0, 0.1) is 11.3 Å². The predicted molar refractivity (Wildman–Crippen MR) is 53.0 cm³/mol. The second-order valence-corrected chi connectivity index (χ2v) is 3.49. The lowest BCUT2D eigenvalue weighted by Crippen LogP contribution is -2.32. The maximum absolute atomic E-state index is 8.84. The van der Waals surface area contributed by atoms with E-state index >= 15 is 0 Å². The molecule has 1 saturated heterocycles. The molecule has 2 rings (SSSR count). The van der Waals surface area contributed by atoms with Gasteiger partial charge in [-0.1, -0.05) is 23.7 Å². The third-order valence-corrected chi connectivity index (χ3v) is 2.37. The number of rotatable bonds is 1. The molecule has 0 bridgehead atoms. The summed E-state index contributed by atoms with van der Waals surface area (Å²) >= 11 is 5.86. The smallest absolute Gasteiger partial charge is 0.130 e. The van der Waals surface area contributed by atoms with Crippen LogP contribution in [0.25, 0.3) is 0 Å². The Hall–Kier alpha value is -1.12. The standard InChI is InChI=1S/C9H9ClN4/c10-7-3-1-2-6(4-7)9-8(5-11)12-14-13-9/h1-4,8-9,12-14H. The maximum atomic E-state index is 8.84. The minimum absolute atomic E-state index is 0.0706. The van der Waals surface area contributed by atoms with E-state index in [0.29, 0.717) is 5.02 Å². The second-order valence-electron chi connectivity index (χ2n) is 3.05. The summed E-state index contributed by atoms with van der Waals surface area (Å²) in [6, 6.07) is 9.25. The van der Waals surface area contributed by atoms with Crippen LogP contribution in [0.3, 0.4) is 0 Å². The van der Waals surface area contributed by atoms with Crippen molar-refractivity contribution in [2.24, 2.45) is 0 Å². The summed E-state index contributed by atoms with van der Waals surface area (Å²) in [5.41, 5.74) is 9.48. The first kappa shape index (κ1) is 9.44. The molecule has 14 heavy (non-hydrogen) atoms. The van der Waals surface area contributed by atoms with Gasteiger partial charge in [-0.3, -0.25) is 0 Å². The van der Waals surface area contributed by atoms with Crippen molar-refractivity contribution in [3.05, 3.63) is 34.9 Å². The molecule has 4 nitrogen and oxygen atoms in total. The third-order valence-electron chi connectivity index (χ3n) is 2.14. The summed E-state index contributed by atoms with van der Waals surface area (Å²) in [5.74, 6) is 0. The largest absolute Gasteiger partial charge is 0.234 e. The zero-order chi connectivity index (χ0) is 9.97. The highest BCUT2D eigenvalue weighted by Gasteiger charge is 2.27. The van der Waals surface area contributed by atoms with Gasteiger partial charge < -0.3 is 0 Å². The van der Waals surface area contributed by atoms with Crippen molar-refractivity contribution >= 4 is 11.6 Å². The molecule has 1 fully saturated rings. The molecule has 0 aliphatic carbocycles. The van der Waals surface area contributed by atoms with Gasteiger partial charge in [-0.25, -0.2) is 10.9 Å². The third kappa shape index (κ3) is 1.72. The first-order chi connectivity index (χ1) is 6.81. The molecule has 0 aromatic heterocycles. The van der Waals surface area contributed by atoms with Crippen molar-refractivity contribution in [2.45, 2.75) is 12.1 Å². The van der Waals surface area contributed by atoms with Crippen LogP contribution in [0.5, 0.6) is 0 Å². The Bertz CT molecular complexity index is 373. The lowest BCUT2D eigenvalue weighted by Gasteiger charge is -2.11. The van der Waals surface area contributed by atoms with E-state index in [1.807, 2.05) is 24.3 Å². The van der Waals surface area contributed by atoms with Gasteiger partial charge in [0.05, 0.1) is 12.1 Å². The highest BCUT2D eigenvalue weighted by molar-refractivity contribution is 6.30. The average molecular weight is 209 g/mol. The molecule has 2 unspecified atom stereocenters. The number of nitrogens with one attached hydrogen (secondary N) is 3. The maximum Gasteiger partial charge on any atom is 0.130 e. The van der Waals surface area contributed by atoms with Gasteiger partial charge in [0.2, 0.25) is 0 Å². The van der Waals surface area contributed by atoms with Gasteiger partial charge in [0.1, 0.15) is 6.04 Å². The summed E-state index contributed by atoms with van der Waals surface area (Å²) in [7, 11) is 0. The van der Waals surface area contributed by atoms with Crippen molar-refractivity contribution < 1.29 is 0 Å². The Kier molecular flexibility index (Phi) is 2.66. The molecule has 0 amide bonds. The van der Waals surface area contributed by atoms with E-state index < -0.39 is 0 Å².